The molecule has 98 valence electrons. The minimum absolute atomic E-state index is 0.163. The Kier molecular flexibility index (Phi) is 3.11. The molecular formula is C16H17FN2. The van der Waals surface area contributed by atoms with Gasteiger partial charge in [-0.25, -0.2) is 4.39 Å². The van der Waals surface area contributed by atoms with Crippen LogP contribution in [-0.2, 0) is 6.42 Å². The van der Waals surface area contributed by atoms with Gasteiger partial charge >= 0.3 is 0 Å². The molecule has 0 saturated carbocycles. The van der Waals surface area contributed by atoms with E-state index in [1.54, 1.807) is 6.07 Å². The monoisotopic (exact) mass is 256 g/mol. The summed E-state index contributed by atoms with van der Waals surface area (Å²) >= 11 is 0. The number of hydrogen-bond donors (Lipinski definition) is 1. The molecule has 2 nitrogen and oxygen atoms in total. The van der Waals surface area contributed by atoms with Gasteiger partial charge in [0, 0.05) is 19.3 Å². The number of para-hydroxylation sites is 2. The normalized spacial score (nSPS) is 17.5. The molecule has 3 rings (SSSR count). The molecule has 0 aromatic heterocycles. The predicted molar refractivity (Wildman–Crippen MR) is 77.2 cm³/mol. The highest BCUT2D eigenvalue weighted by molar-refractivity contribution is 5.56. The minimum Gasteiger partial charge on any atom is -0.383 e. The molecular weight excluding hydrogens is 239 g/mol. The maximum absolute atomic E-state index is 13.8. The first-order chi connectivity index (χ1) is 9.25. The zero-order valence-corrected chi connectivity index (χ0v) is 10.9. The lowest BCUT2D eigenvalue weighted by molar-refractivity contribution is 0.590. The molecule has 0 amide bonds. The molecule has 1 heterocycles. The van der Waals surface area contributed by atoms with Crippen molar-refractivity contribution in [1.82, 2.24) is 0 Å². The number of nitrogens with zero attached hydrogens (tertiary/aromatic N) is 1. The molecule has 0 bridgehead atoms. The fourth-order valence-corrected chi connectivity index (χ4v) is 2.63. The predicted octanol–water partition coefficient (Wildman–Crippen LogP) is 3.30. The van der Waals surface area contributed by atoms with E-state index in [9.17, 15) is 4.39 Å². The molecule has 1 N–H and O–H groups in total. The largest absolute Gasteiger partial charge is 0.383 e. The summed E-state index contributed by atoms with van der Waals surface area (Å²) in [6.07, 6.45) is 0.938. The second kappa shape index (κ2) is 4.92. The molecule has 1 aliphatic rings. The van der Waals surface area contributed by atoms with Gasteiger partial charge in [-0.05, 0) is 30.2 Å². The lowest BCUT2D eigenvalue weighted by atomic mass is 9.98. The van der Waals surface area contributed by atoms with E-state index >= 15 is 0 Å². The van der Waals surface area contributed by atoms with Gasteiger partial charge in [0.25, 0.3) is 0 Å². The van der Waals surface area contributed by atoms with Crippen LogP contribution in [0, 0.1) is 5.82 Å². The first kappa shape index (κ1) is 12.0. The Morgan fingerprint density at radius 3 is 2.68 bits per heavy atom. The Hall–Kier alpha value is -2.03. The number of benzene rings is 2. The van der Waals surface area contributed by atoms with Gasteiger partial charge < -0.3 is 10.2 Å². The van der Waals surface area contributed by atoms with Crippen molar-refractivity contribution in [2.45, 2.75) is 12.5 Å². The number of likely N-dealkylation sites (N-methyl/N-ethyl adjacent to an activating group) is 1. The van der Waals surface area contributed by atoms with E-state index in [2.05, 4.69) is 17.4 Å². The van der Waals surface area contributed by atoms with Crippen LogP contribution in [-0.4, -0.2) is 19.6 Å². The standard InChI is InChI=1S/C16H17FN2/c1-19(16-9-5-3-7-14(16)17)13-10-12-6-2-4-8-15(12)18-11-13/h2-9,13,18H,10-11H2,1H3. The number of halogens is 1. The van der Waals surface area contributed by atoms with Gasteiger partial charge in [-0.2, -0.15) is 0 Å². The Labute approximate surface area is 112 Å². The van der Waals surface area contributed by atoms with E-state index in [-0.39, 0.29) is 11.9 Å². The molecule has 0 aliphatic carbocycles. The van der Waals surface area contributed by atoms with Crippen molar-refractivity contribution in [1.29, 1.82) is 0 Å². The zero-order chi connectivity index (χ0) is 13.2. The molecule has 1 aliphatic heterocycles. The van der Waals surface area contributed by atoms with Crippen molar-refractivity contribution in [3.05, 3.63) is 59.9 Å². The van der Waals surface area contributed by atoms with Crippen LogP contribution in [0.5, 0.6) is 0 Å². The fourth-order valence-electron chi connectivity index (χ4n) is 2.63. The van der Waals surface area contributed by atoms with Gasteiger partial charge in [0.2, 0.25) is 0 Å². The summed E-state index contributed by atoms with van der Waals surface area (Å²) in [4.78, 5) is 2.03. The van der Waals surface area contributed by atoms with Crippen molar-refractivity contribution in [3.8, 4) is 0 Å². The van der Waals surface area contributed by atoms with Crippen LogP contribution >= 0.6 is 0 Å². The average Bonchev–Trinajstić information content (AvgIpc) is 2.46. The van der Waals surface area contributed by atoms with Crippen molar-refractivity contribution in [2.75, 3.05) is 23.8 Å². The van der Waals surface area contributed by atoms with E-state index < -0.39 is 0 Å². The summed E-state index contributed by atoms with van der Waals surface area (Å²) in [5.41, 5.74) is 3.15. The van der Waals surface area contributed by atoms with Gasteiger partial charge in [-0.15, -0.1) is 0 Å². The lowest BCUT2D eigenvalue weighted by Crippen LogP contribution is -2.42. The average molecular weight is 256 g/mol. The van der Waals surface area contributed by atoms with Crippen molar-refractivity contribution in [2.24, 2.45) is 0 Å². The summed E-state index contributed by atoms with van der Waals surface area (Å²) < 4.78 is 13.8. The van der Waals surface area contributed by atoms with Gasteiger partial charge in [0.05, 0.1) is 11.7 Å². The number of rotatable bonds is 2. The van der Waals surface area contributed by atoms with Crippen LogP contribution in [0.4, 0.5) is 15.8 Å². The van der Waals surface area contributed by atoms with E-state index in [1.807, 2.05) is 36.2 Å². The third-order valence-corrected chi connectivity index (χ3v) is 3.78. The topological polar surface area (TPSA) is 15.3 Å². The maximum atomic E-state index is 13.8. The fraction of sp³-hybridized carbons (Fsp3) is 0.250. The smallest absolute Gasteiger partial charge is 0.146 e. The van der Waals surface area contributed by atoms with Gasteiger partial charge in [0.15, 0.2) is 0 Å². The summed E-state index contributed by atoms with van der Waals surface area (Å²) in [5.74, 6) is -0.163. The summed E-state index contributed by atoms with van der Waals surface area (Å²) in [5, 5.41) is 3.42. The molecule has 2 aromatic rings. The number of hydrogen-bond acceptors (Lipinski definition) is 2. The summed E-state index contributed by atoms with van der Waals surface area (Å²) in [7, 11) is 1.96. The number of fused-ring (bicyclic) bond motifs is 1. The first-order valence-electron chi connectivity index (χ1n) is 6.55. The second-order valence-electron chi connectivity index (χ2n) is 4.96. The highest BCUT2D eigenvalue weighted by atomic mass is 19.1. The first-order valence-corrected chi connectivity index (χ1v) is 6.55. The highest BCUT2D eigenvalue weighted by Crippen LogP contribution is 2.26. The molecule has 0 radical (unpaired) electrons. The molecule has 0 spiro atoms. The Bertz CT molecular complexity index is 582. The number of nitrogens with one attached hydrogen (secondary N) is 1. The van der Waals surface area contributed by atoms with E-state index in [0.717, 1.165) is 13.0 Å². The minimum atomic E-state index is -0.163. The van der Waals surface area contributed by atoms with Gasteiger partial charge in [0.1, 0.15) is 5.82 Å². The van der Waals surface area contributed by atoms with E-state index in [0.29, 0.717) is 5.69 Å². The lowest BCUT2D eigenvalue weighted by Gasteiger charge is -2.34. The highest BCUT2D eigenvalue weighted by Gasteiger charge is 2.22. The molecule has 1 atom stereocenters. The van der Waals surface area contributed by atoms with Crippen LogP contribution < -0.4 is 10.2 Å². The molecule has 0 fully saturated rings. The van der Waals surface area contributed by atoms with Crippen molar-refractivity contribution >= 4 is 11.4 Å². The third-order valence-electron chi connectivity index (χ3n) is 3.78. The van der Waals surface area contributed by atoms with Crippen LogP contribution in [0.1, 0.15) is 5.56 Å². The van der Waals surface area contributed by atoms with Crippen molar-refractivity contribution < 1.29 is 4.39 Å². The molecule has 3 heteroatoms. The Morgan fingerprint density at radius 2 is 1.84 bits per heavy atom. The number of anilines is 2. The molecule has 2 aromatic carbocycles. The zero-order valence-electron chi connectivity index (χ0n) is 10.9. The van der Waals surface area contributed by atoms with Crippen molar-refractivity contribution in [3.63, 3.8) is 0 Å². The molecule has 1 unspecified atom stereocenters. The SMILES string of the molecule is CN(c1ccccc1F)C1CNc2ccccc2C1. The maximum Gasteiger partial charge on any atom is 0.146 e. The summed E-state index contributed by atoms with van der Waals surface area (Å²) in [6, 6.07) is 15.5. The van der Waals surface area contributed by atoms with Gasteiger partial charge in [-0.3, -0.25) is 0 Å². The quantitative estimate of drug-likeness (QED) is 0.887. The second-order valence-corrected chi connectivity index (χ2v) is 4.96. The van der Waals surface area contributed by atoms with Crippen LogP contribution in [0.2, 0.25) is 0 Å². The molecule has 19 heavy (non-hydrogen) atoms. The van der Waals surface area contributed by atoms with Gasteiger partial charge in [-0.1, -0.05) is 30.3 Å². The molecule has 0 saturated heterocycles. The summed E-state index contributed by atoms with van der Waals surface area (Å²) in [6.45, 7) is 0.835. The Morgan fingerprint density at radius 1 is 1.11 bits per heavy atom. The van der Waals surface area contributed by atoms with Crippen LogP contribution in [0.15, 0.2) is 48.5 Å². The van der Waals surface area contributed by atoms with E-state index in [1.165, 1.54) is 17.3 Å². The Balaban J connectivity index is 1.83. The van der Waals surface area contributed by atoms with E-state index in [4.69, 9.17) is 0 Å². The van der Waals surface area contributed by atoms with Crippen LogP contribution in [0.3, 0.4) is 0 Å². The third kappa shape index (κ3) is 2.28. The van der Waals surface area contributed by atoms with Crippen LogP contribution in [0.25, 0.3) is 0 Å².